The summed E-state index contributed by atoms with van der Waals surface area (Å²) in [6, 6.07) is 6.58. The fraction of sp³-hybridized carbons (Fsp3) is 0.333. The highest BCUT2D eigenvalue weighted by molar-refractivity contribution is 5.20. The SMILES string of the molecule is Cc1nnc(CN[C@H](C)c2ccccc2F)o1. The number of nitrogens with one attached hydrogen (secondary N) is 1. The molecule has 1 atom stereocenters. The largest absolute Gasteiger partial charge is 0.424 e. The molecule has 0 bridgehead atoms. The summed E-state index contributed by atoms with van der Waals surface area (Å²) in [6.45, 7) is 4.05. The molecule has 0 fully saturated rings. The van der Waals surface area contributed by atoms with Gasteiger partial charge in [-0.1, -0.05) is 18.2 Å². The minimum atomic E-state index is -0.214. The van der Waals surface area contributed by atoms with Crippen LogP contribution in [0.25, 0.3) is 0 Å². The van der Waals surface area contributed by atoms with Crippen LogP contribution in [0.2, 0.25) is 0 Å². The lowest BCUT2D eigenvalue weighted by Crippen LogP contribution is -2.19. The van der Waals surface area contributed by atoms with Gasteiger partial charge in [0.1, 0.15) is 5.82 Å². The van der Waals surface area contributed by atoms with Gasteiger partial charge in [-0.15, -0.1) is 10.2 Å². The molecule has 1 N–H and O–H groups in total. The summed E-state index contributed by atoms with van der Waals surface area (Å²) in [7, 11) is 0. The van der Waals surface area contributed by atoms with Crippen molar-refractivity contribution < 1.29 is 8.81 Å². The maximum atomic E-state index is 13.5. The van der Waals surface area contributed by atoms with Crippen LogP contribution in [0, 0.1) is 12.7 Å². The van der Waals surface area contributed by atoms with Crippen LogP contribution in [0.15, 0.2) is 28.7 Å². The standard InChI is InChI=1S/C12H14FN3O/c1-8(10-5-3-4-6-11(10)13)14-7-12-16-15-9(2)17-12/h3-6,8,14H,7H2,1-2H3/t8-/m1/s1. The summed E-state index contributed by atoms with van der Waals surface area (Å²) in [5.41, 5.74) is 0.628. The highest BCUT2D eigenvalue weighted by atomic mass is 19.1. The molecule has 2 rings (SSSR count). The van der Waals surface area contributed by atoms with Gasteiger partial charge >= 0.3 is 0 Å². The normalized spacial score (nSPS) is 12.6. The van der Waals surface area contributed by atoms with Crippen LogP contribution in [0.1, 0.15) is 30.3 Å². The number of hydrogen-bond donors (Lipinski definition) is 1. The van der Waals surface area contributed by atoms with Crippen molar-refractivity contribution >= 4 is 0 Å². The predicted octanol–water partition coefficient (Wildman–Crippen LogP) is 2.37. The molecule has 0 saturated heterocycles. The van der Waals surface area contributed by atoms with E-state index < -0.39 is 0 Å². The number of halogens is 1. The van der Waals surface area contributed by atoms with Crippen LogP contribution in [0.4, 0.5) is 4.39 Å². The lowest BCUT2D eigenvalue weighted by Gasteiger charge is -2.13. The molecular weight excluding hydrogens is 221 g/mol. The van der Waals surface area contributed by atoms with E-state index in [1.807, 2.05) is 13.0 Å². The van der Waals surface area contributed by atoms with Crippen molar-refractivity contribution in [3.05, 3.63) is 47.4 Å². The Labute approximate surface area is 98.9 Å². The number of nitrogens with zero attached hydrogens (tertiary/aromatic N) is 2. The zero-order chi connectivity index (χ0) is 12.3. The summed E-state index contributed by atoms with van der Waals surface area (Å²) >= 11 is 0. The lowest BCUT2D eigenvalue weighted by atomic mass is 10.1. The van der Waals surface area contributed by atoms with Gasteiger partial charge in [-0.2, -0.15) is 0 Å². The Bertz CT molecular complexity index is 498. The highest BCUT2D eigenvalue weighted by Crippen LogP contribution is 2.16. The first-order valence-electron chi connectivity index (χ1n) is 5.43. The molecule has 0 aliphatic rings. The van der Waals surface area contributed by atoms with E-state index in [2.05, 4.69) is 15.5 Å². The minimum absolute atomic E-state index is 0.108. The second kappa shape index (κ2) is 5.05. The van der Waals surface area contributed by atoms with Gasteiger partial charge in [0, 0.05) is 18.5 Å². The third-order valence-corrected chi connectivity index (χ3v) is 2.50. The van der Waals surface area contributed by atoms with Crippen molar-refractivity contribution in [1.82, 2.24) is 15.5 Å². The maximum Gasteiger partial charge on any atom is 0.230 e. The van der Waals surface area contributed by atoms with E-state index in [4.69, 9.17) is 4.42 Å². The van der Waals surface area contributed by atoms with E-state index in [0.717, 1.165) is 0 Å². The molecule has 17 heavy (non-hydrogen) atoms. The molecule has 1 aromatic heterocycles. The first-order valence-corrected chi connectivity index (χ1v) is 5.43. The molecule has 0 aliphatic heterocycles. The van der Waals surface area contributed by atoms with E-state index in [0.29, 0.717) is 23.9 Å². The second-order valence-electron chi connectivity index (χ2n) is 3.84. The molecule has 0 unspecified atom stereocenters. The van der Waals surface area contributed by atoms with Gasteiger partial charge in [-0.25, -0.2) is 4.39 Å². The van der Waals surface area contributed by atoms with Gasteiger partial charge in [0.05, 0.1) is 6.54 Å². The number of aromatic nitrogens is 2. The molecule has 0 radical (unpaired) electrons. The number of aryl methyl sites for hydroxylation is 1. The van der Waals surface area contributed by atoms with Crippen LogP contribution in [-0.4, -0.2) is 10.2 Å². The molecule has 0 aliphatic carbocycles. The monoisotopic (exact) mass is 235 g/mol. The molecule has 2 aromatic rings. The summed E-state index contributed by atoms with van der Waals surface area (Å²) in [5.74, 6) is 0.820. The molecule has 1 aromatic carbocycles. The van der Waals surface area contributed by atoms with E-state index in [9.17, 15) is 4.39 Å². The van der Waals surface area contributed by atoms with Gasteiger partial charge in [0.25, 0.3) is 0 Å². The zero-order valence-corrected chi connectivity index (χ0v) is 9.77. The van der Waals surface area contributed by atoms with E-state index >= 15 is 0 Å². The van der Waals surface area contributed by atoms with Gasteiger partial charge in [0.15, 0.2) is 0 Å². The summed E-state index contributed by atoms with van der Waals surface area (Å²) in [4.78, 5) is 0. The Morgan fingerprint density at radius 2 is 2.12 bits per heavy atom. The van der Waals surface area contributed by atoms with E-state index in [-0.39, 0.29) is 11.9 Å². The minimum Gasteiger partial charge on any atom is -0.424 e. The topological polar surface area (TPSA) is 51.0 Å². The Morgan fingerprint density at radius 1 is 1.35 bits per heavy atom. The molecular formula is C12H14FN3O. The molecule has 0 spiro atoms. The molecule has 5 heteroatoms. The Kier molecular flexibility index (Phi) is 3.49. The molecule has 0 saturated carbocycles. The van der Waals surface area contributed by atoms with Crippen LogP contribution < -0.4 is 5.32 Å². The second-order valence-corrected chi connectivity index (χ2v) is 3.84. The van der Waals surface area contributed by atoms with Crippen molar-refractivity contribution in [1.29, 1.82) is 0 Å². The summed E-state index contributed by atoms with van der Waals surface area (Å²) < 4.78 is 18.7. The maximum absolute atomic E-state index is 13.5. The molecule has 1 heterocycles. The fourth-order valence-corrected chi connectivity index (χ4v) is 1.59. The Morgan fingerprint density at radius 3 is 2.76 bits per heavy atom. The molecule has 90 valence electrons. The first kappa shape index (κ1) is 11.7. The predicted molar refractivity (Wildman–Crippen MR) is 60.7 cm³/mol. The Balaban J connectivity index is 1.98. The van der Waals surface area contributed by atoms with Crippen LogP contribution in [0.3, 0.4) is 0 Å². The first-order chi connectivity index (χ1) is 8.16. The molecule has 0 amide bonds. The quantitative estimate of drug-likeness (QED) is 0.883. The average Bonchev–Trinajstić information content (AvgIpc) is 2.73. The third-order valence-electron chi connectivity index (χ3n) is 2.50. The van der Waals surface area contributed by atoms with Crippen LogP contribution in [-0.2, 0) is 6.54 Å². The van der Waals surface area contributed by atoms with Crippen molar-refractivity contribution in [3.8, 4) is 0 Å². The van der Waals surface area contributed by atoms with Gasteiger partial charge in [0.2, 0.25) is 11.8 Å². The number of hydrogen-bond acceptors (Lipinski definition) is 4. The third kappa shape index (κ3) is 2.88. The zero-order valence-electron chi connectivity index (χ0n) is 9.77. The fourth-order valence-electron chi connectivity index (χ4n) is 1.59. The van der Waals surface area contributed by atoms with E-state index in [1.165, 1.54) is 6.07 Å². The molecule has 4 nitrogen and oxygen atoms in total. The lowest BCUT2D eigenvalue weighted by molar-refractivity contribution is 0.426. The summed E-state index contributed by atoms with van der Waals surface area (Å²) in [5, 5.41) is 10.7. The van der Waals surface area contributed by atoms with E-state index in [1.54, 1.807) is 19.1 Å². The van der Waals surface area contributed by atoms with Crippen LogP contribution >= 0.6 is 0 Å². The highest BCUT2D eigenvalue weighted by Gasteiger charge is 2.11. The van der Waals surface area contributed by atoms with Crippen LogP contribution in [0.5, 0.6) is 0 Å². The van der Waals surface area contributed by atoms with Crippen molar-refractivity contribution in [2.75, 3.05) is 0 Å². The van der Waals surface area contributed by atoms with Crippen molar-refractivity contribution in [2.45, 2.75) is 26.4 Å². The van der Waals surface area contributed by atoms with Crippen molar-refractivity contribution in [2.24, 2.45) is 0 Å². The summed E-state index contributed by atoms with van der Waals surface area (Å²) in [6.07, 6.45) is 0. The van der Waals surface area contributed by atoms with Gasteiger partial charge in [-0.05, 0) is 13.0 Å². The Hall–Kier alpha value is -1.75. The van der Waals surface area contributed by atoms with Crippen molar-refractivity contribution in [3.63, 3.8) is 0 Å². The van der Waals surface area contributed by atoms with Gasteiger partial charge in [-0.3, -0.25) is 0 Å². The van der Waals surface area contributed by atoms with Gasteiger partial charge < -0.3 is 9.73 Å². The number of benzene rings is 1. The average molecular weight is 235 g/mol. The number of rotatable bonds is 4. The smallest absolute Gasteiger partial charge is 0.230 e.